The van der Waals surface area contributed by atoms with Crippen molar-refractivity contribution in [2.45, 2.75) is 51.6 Å². The zero-order chi connectivity index (χ0) is 23.8. The number of carbonyl (C=O) groups is 2. The fourth-order valence-corrected chi connectivity index (χ4v) is 4.33. The van der Waals surface area contributed by atoms with Gasteiger partial charge in [-0.3, -0.25) is 9.59 Å². The van der Waals surface area contributed by atoms with Gasteiger partial charge in [-0.2, -0.15) is 0 Å². The quantitative estimate of drug-likeness (QED) is 0.457. The van der Waals surface area contributed by atoms with Crippen molar-refractivity contribution in [3.63, 3.8) is 0 Å². The first kappa shape index (κ1) is 23.6. The molecule has 0 aliphatic heterocycles. The molecule has 5 nitrogen and oxygen atoms in total. The summed E-state index contributed by atoms with van der Waals surface area (Å²) in [6.07, 6.45) is 5.21. The summed E-state index contributed by atoms with van der Waals surface area (Å²) in [5.74, 6) is 0.245. The Kier molecular flexibility index (Phi) is 7.97. The molecule has 1 atom stereocenters. The summed E-state index contributed by atoms with van der Waals surface area (Å²) in [4.78, 5) is 25.9. The van der Waals surface area contributed by atoms with E-state index in [0.29, 0.717) is 24.2 Å². The number of carbonyl (C=O) groups excluding carboxylic acids is 2. The van der Waals surface area contributed by atoms with Crippen LogP contribution in [0.4, 0.5) is 5.69 Å². The van der Waals surface area contributed by atoms with Crippen LogP contribution in [0.3, 0.4) is 0 Å². The number of fused-ring (bicyclic) bond motifs is 1. The molecule has 1 unspecified atom stereocenters. The summed E-state index contributed by atoms with van der Waals surface area (Å²) in [5.41, 5.74) is 4.78. The first-order valence-electron chi connectivity index (χ1n) is 12.1. The third-order valence-corrected chi connectivity index (χ3v) is 6.23. The molecule has 176 valence electrons. The predicted molar refractivity (Wildman–Crippen MR) is 135 cm³/mol. The van der Waals surface area contributed by atoms with E-state index in [1.807, 2.05) is 49.4 Å². The summed E-state index contributed by atoms with van der Waals surface area (Å²) in [5, 5.41) is 5.86. The minimum atomic E-state index is -0.643. The van der Waals surface area contributed by atoms with Crippen molar-refractivity contribution >= 4 is 17.5 Å². The predicted octanol–water partition coefficient (Wildman–Crippen LogP) is 5.33. The summed E-state index contributed by atoms with van der Waals surface area (Å²) in [6, 6.07) is 23.2. The average Bonchev–Trinajstić information content (AvgIpc) is 2.88. The van der Waals surface area contributed by atoms with Crippen molar-refractivity contribution in [1.29, 1.82) is 0 Å². The Morgan fingerprint density at radius 3 is 2.44 bits per heavy atom. The third kappa shape index (κ3) is 6.04. The number of benzene rings is 3. The van der Waals surface area contributed by atoms with Crippen LogP contribution in [-0.4, -0.2) is 24.5 Å². The van der Waals surface area contributed by atoms with E-state index in [2.05, 4.69) is 22.8 Å². The molecule has 0 saturated heterocycles. The zero-order valence-corrected chi connectivity index (χ0v) is 19.7. The molecule has 0 saturated carbocycles. The van der Waals surface area contributed by atoms with Gasteiger partial charge < -0.3 is 15.4 Å². The van der Waals surface area contributed by atoms with Gasteiger partial charge in [-0.15, -0.1) is 0 Å². The van der Waals surface area contributed by atoms with E-state index < -0.39 is 6.10 Å². The summed E-state index contributed by atoms with van der Waals surface area (Å²) in [6.45, 7) is 2.44. The largest absolute Gasteiger partial charge is 0.481 e. The first-order chi connectivity index (χ1) is 16.6. The van der Waals surface area contributed by atoms with E-state index >= 15 is 0 Å². The van der Waals surface area contributed by atoms with Crippen molar-refractivity contribution in [1.82, 2.24) is 5.32 Å². The number of anilines is 1. The normalized spacial score (nSPS) is 13.4. The molecule has 0 fully saturated rings. The maximum Gasteiger partial charge on any atom is 0.265 e. The van der Waals surface area contributed by atoms with Crippen LogP contribution in [0.2, 0.25) is 0 Å². The minimum absolute atomic E-state index is 0.213. The highest BCUT2D eigenvalue weighted by Gasteiger charge is 2.21. The second kappa shape index (κ2) is 11.5. The molecular formula is C29H32N2O3. The number of para-hydroxylation sites is 1. The second-order valence-corrected chi connectivity index (χ2v) is 8.68. The molecule has 0 spiro atoms. The Morgan fingerprint density at radius 1 is 0.912 bits per heavy atom. The topological polar surface area (TPSA) is 67.4 Å². The van der Waals surface area contributed by atoms with Gasteiger partial charge in [0.05, 0.1) is 11.3 Å². The molecular weight excluding hydrogens is 424 g/mol. The van der Waals surface area contributed by atoms with Crippen LogP contribution >= 0.6 is 0 Å². The molecule has 0 aromatic heterocycles. The van der Waals surface area contributed by atoms with Gasteiger partial charge in [0, 0.05) is 6.54 Å². The van der Waals surface area contributed by atoms with Gasteiger partial charge in [0.1, 0.15) is 5.75 Å². The SMILES string of the molecule is CCC(Oc1ccc2c(c1)CCCC2)C(=O)Nc1ccccc1C(=O)NCCc1ccccc1. The van der Waals surface area contributed by atoms with Gasteiger partial charge >= 0.3 is 0 Å². The van der Waals surface area contributed by atoms with Gasteiger partial charge in [0.15, 0.2) is 6.10 Å². The zero-order valence-electron chi connectivity index (χ0n) is 19.7. The lowest BCUT2D eigenvalue weighted by Crippen LogP contribution is -2.33. The first-order valence-corrected chi connectivity index (χ1v) is 12.1. The van der Waals surface area contributed by atoms with E-state index in [1.165, 1.54) is 24.0 Å². The molecule has 2 amide bonds. The highest BCUT2D eigenvalue weighted by Crippen LogP contribution is 2.26. The standard InChI is InChI=1S/C29H32N2O3/c1-2-27(34-24-17-16-22-12-6-7-13-23(22)20-24)29(33)31-26-15-9-8-14-25(26)28(32)30-19-18-21-10-4-3-5-11-21/h3-5,8-11,14-17,20,27H,2,6-7,12-13,18-19H2,1H3,(H,30,32)(H,31,33). The van der Waals surface area contributed by atoms with Crippen molar-refractivity contribution in [3.05, 3.63) is 95.1 Å². The van der Waals surface area contributed by atoms with E-state index in [-0.39, 0.29) is 11.8 Å². The summed E-state index contributed by atoms with van der Waals surface area (Å²) < 4.78 is 6.07. The van der Waals surface area contributed by atoms with Crippen LogP contribution < -0.4 is 15.4 Å². The van der Waals surface area contributed by atoms with Crippen molar-refractivity contribution in [2.24, 2.45) is 0 Å². The average molecular weight is 457 g/mol. The van der Waals surface area contributed by atoms with E-state index in [0.717, 1.165) is 30.6 Å². The van der Waals surface area contributed by atoms with Gasteiger partial charge in [-0.1, -0.05) is 55.5 Å². The van der Waals surface area contributed by atoms with Crippen LogP contribution in [-0.2, 0) is 24.1 Å². The fourth-order valence-electron chi connectivity index (χ4n) is 4.33. The van der Waals surface area contributed by atoms with Gasteiger partial charge in [0.2, 0.25) is 0 Å². The highest BCUT2D eigenvalue weighted by atomic mass is 16.5. The summed E-state index contributed by atoms with van der Waals surface area (Å²) >= 11 is 0. The molecule has 0 bridgehead atoms. The maximum atomic E-state index is 13.0. The number of hydrogen-bond acceptors (Lipinski definition) is 3. The number of hydrogen-bond donors (Lipinski definition) is 2. The Labute approximate surface area is 201 Å². The number of nitrogens with one attached hydrogen (secondary N) is 2. The minimum Gasteiger partial charge on any atom is -0.481 e. The Bertz CT molecular complexity index is 1130. The molecule has 5 heteroatoms. The maximum absolute atomic E-state index is 13.0. The van der Waals surface area contributed by atoms with Gasteiger partial charge in [-0.25, -0.2) is 0 Å². The Hall–Kier alpha value is -3.60. The lowest BCUT2D eigenvalue weighted by atomic mass is 9.92. The van der Waals surface area contributed by atoms with Crippen LogP contribution in [0.5, 0.6) is 5.75 Å². The second-order valence-electron chi connectivity index (χ2n) is 8.68. The molecule has 34 heavy (non-hydrogen) atoms. The van der Waals surface area contributed by atoms with Gasteiger partial charge in [-0.05, 0) is 79.5 Å². The van der Waals surface area contributed by atoms with Crippen molar-refractivity contribution in [3.8, 4) is 5.75 Å². The van der Waals surface area contributed by atoms with Crippen molar-refractivity contribution < 1.29 is 14.3 Å². The number of rotatable bonds is 9. The van der Waals surface area contributed by atoms with Gasteiger partial charge in [0.25, 0.3) is 11.8 Å². The number of aryl methyl sites for hydroxylation is 2. The molecule has 1 aliphatic rings. The molecule has 2 N–H and O–H groups in total. The van der Waals surface area contributed by atoms with Crippen molar-refractivity contribution in [2.75, 3.05) is 11.9 Å². The lowest BCUT2D eigenvalue weighted by Gasteiger charge is -2.21. The molecule has 1 aliphatic carbocycles. The van der Waals surface area contributed by atoms with E-state index in [9.17, 15) is 9.59 Å². The Morgan fingerprint density at radius 2 is 1.65 bits per heavy atom. The molecule has 0 radical (unpaired) electrons. The summed E-state index contributed by atoms with van der Waals surface area (Å²) in [7, 11) is 0. The smallest absolute Gasteiger partial charge is 0.265 e. The van der Waals surface area contributed by atoms with Crippen LogP contribution in [0.25, 0.3) is 0 Å². The monoisotopic (exact) mass is 456 g/mol. The third-order valence-electron chi connectivity index (χ3n) is 6.23. The molecule has 0 heterocycles. The van der Waals surface area contributed by atoms with E-state index in [4.69, 9.17) is 4.74 Å². The Balaban J connectivity index is 1.38. The number of amides is 2. The fraction of sp³-hybridized carbons (Fsp3) is 0.310. The highest BCUT2D eigenvalue weighted by molar-refractivity contribution is 6.04. The van der Waals surface area contributed by atoms with Crippen LogP contribution in [0.1, 0.15) is 53.2 Å². The number of ether oxygens (including phenoxy) is 1. The van der Waals surface area contributed by atoms with Crippen LogP contribution in [0, 0.1) is 0 Å². The molecule has 3 aromatic rings. The molecule has 3 aromatic carbocycles. The molecule has 4 rings (SSSR count). The lowest BCUT2D eigenvalue weighted by molar-refractivity contribution is -0.122. The van der Waals surface area contributed by atoms with E-state index in [1.54, 1.807) is 18.2 Å². The van der Waals surface area contributed by atoms with Crippen LogP contribution in [0.15, 0.2) is 72.8 Å².